The van der Waals surface area contributed by atoms with E-state index in [9.17, 15) is 9.59 Å². The standard InChI is InChI=1S/C11H15N3O3/c1-11(2,3)17-10(16)4-9(15)14-8-5-12-7-13-6-8/h5-7H,4H2,1-3H3,(H,14,15). The Morgan fingerprint density at radius 3 is 2.41 bits per heavy atom. The van der Waals surface area contributed by atoms with Gasteiger partial charge < -0.3 is 10.1 Å². The minimum atomic E-state index is -0.590. The van der Waals surface area contributed by atoms with Gasteiger partial charge >= 0.3 is 5.97 Å². The van der Waals surface area contributed by atoms with Crippen LogP contribution in [0.2, 0.25) is 0 Å². The fourth-order valence-electron chi connectivity index (χ4n) is 1.08. The molecule has 0 fully saturated rings. The number of nitrogens with zero attached hydrogens (tertiary/aromatic N) is 2. The third-order valence-electron chi connectivity index (χ3n) is 1.57. The molecular weight excluding hydrogens is 222 g/mol. The number of hydrogen-bond donors (Lipinski definition) is 1. The first-order valence-electron chi connectivity index (χ1n) is 5.13. The highest BCUT2D eigenvalue weighted by atomic mass is 16.6. The smallest absolute Gasteiger partial charge is 0.315 e. The number of hydrogen-bond acceptors (Lipinski definition) is 5. The highest BCUT2D eigenvalue weighted by Gasteiger charge is 2.18. The second-order valence-corrected chi connectivity index (χ2v) is 4.44. The predicted octanol–water partition coefficient (Wildman–Crippen LogP) is 1.15. The van der Waals surface area contributed by atoms with E-state index in [0.717, 1.165) is 0 Å². The van der Waals surface area contributed by atoms with E-state index in [4.69, 9.17) is 4.74 Å². The van der Waals surface area contributed by atoms with E-state index in [1.165, 1.54) is 18.7 Å². The first-order valence-corrected chi connectivity index (χ1v) is 5.13. The van der Waals surface area contributed by atoms with Crippen LogP contribution in [0.5, 0.6) is 0 Å². The predicted molar refractivity (Wildman–Crippen MR) is 61.1 cm³/mol. The quantitative estimate of drug-likeness (QED) is 0.630. The van der Waals surface area contributed by atoms with Crippen LogP contribution in [-0.4, -0.2) is 27.4 Å². The third kappa shape index (κ3) is 5.60. The Hall–Kier alpha value is -1.98. The Labute approximate surface area is 99.4 Å². The fourth-order valence-corrected chi connectivity index (χ4v) is 1.08. The lowest BCUT2D eigenvalue weighted by Crippen LogP contribution is -2.27. The molecular formula is C11H15N3O3. The average Bonchev–Trinajstić information content (AvgIpc) is 2.15. The summed E-state index contributed by atoms with van der Waals surface area (Å²) in [6.07, 6.45) is 3.91. The highest BCUT2D eigenvalue weighted by Crippen LogP contribution is 2.09. The summed E-state index contributed by atoms with van der Waals surface area (Å²) in [6.45, 7) is 5.23. The summed E-state index contributed by atoms with van der Waals surface area (Å²) >= 11 is 0. The molecule has 0 saturated heterocycles. The maximum atomic E-state index is 11.4. The van der Waals surface area contributed by atoms with Crippen LogP contribution in [0.25, 0.3) is 0 Å². The van der Waals surface area contributed by atoms with Gasteiger partial charge in [0.25, 0.3) is 0 Å². The van der Waals surface area contributed by atoms with E-state index in [2.05, 4.69) is 15.3 Å². The van der Waals surface area contributed by atoms with Crippen molar-refractivity contribution in [3.05, 3.63) is 18.7 Å². The van der Waals surface area contributed by atoms with Crippen LogP contribution in [0.1, 0.15) is 27.2 Å². The number of anilines is 1. The van der Waals surface area contributed by atoms with Gasteiger partial charge in [0, 0.05) is 0 Å². The van der Waals surface area contributed by atoms with Crippen LogP contribution in [0, 0.1) is 0 Å². The normalized spacial score (nSPS) is 10.8. The number of esters is 1. The van der Waals surface area contributed by atoms with Gasteiger partial charge in [0.1, 0.15) is 18.3 Å². The number of aromatic nitrogens is 2. The van der Waals surface area contributed by atoms with Crippen molar-refractivity contribution >= 4 is 17.6 Å². The highest BCUT2D eigenvalue weighted by molar-refractivity contribution is 6.01. The van der Waals surface area contributed by atoms with E-state index in [1.807, 2.05) is 0 Å². The van der Waals surface area contributed by atoms with E-state index in [-0.39, 0.29) is 6.42 Å². The first-order chi connectivity index (χ1) is 7.87. The van der Waals surface area contributed by atoms with Gasteiger partial charge in [-0.05, 0) is 20.8 Å². The average molecular weight is 237 g/mol. The maximum Gasteiger partial charge on any atom is 0.315 e. The molecule has 0 aromatic carbocycles. The van der Waals surface area contributed by atoms with Crippen LogP contribution in [0.15, 0.2) is 18.7 Å². The van der Waals surface area contributed by atoms with Crippen molar-refractivity contribution in [2.75, 3.05) is 5.32 Å². The number of carbonyl (C=O) groups is 2. The maximum absolute atomic E-state index is 11.4. The van der Waals surface area contributed by atoms with Crippen LogP contribution in [0.3, 0.4) is 0 Å². The zero-order chi connectivity index (χ0) is 12.9. The van der Waals surface area contributed by atoms with E-state index in [1.54, 1.807) is 20.8 Å². The van der Waals surface area contributed by atoms with Crippen LogP contribution < -0.4 is 5.32 Å². The zero-order valence-electron chi connectivity index (χ0n) is 10.1. The third-order valence-corrected chi connectivity index (χ3v) is 1.57. The van der Waals surface area contributed by atoms with Crippen LogP contribution in [-0.2, 0) is 14.3 Å². The minimum absolute atomic E-state index is 0.327. The molecule has 1 aromatic heterocycles. The lowest BCUT2D eigenvalue weighted by molar-refractivity contribution is -0.155. The van der Waals surface area contributed by atoms with Crippen molar-refractivity contribution < 1.29 is 14.3 Å². The molecule has 0 aliphatic carbocycles. The minimum Gasteiger partial charge on any atom is -0.460 e. The van der Waals surface area contributed by atoms with Gasteiger partial charge in [0.2, 0.25) is 5.91 Å². The van der Waals surface area contributed by atoms with Crippen molar-refractivity contribution in [1.82, 2.24) is 9.97 Å². The second kappa shape index (κ2) is 5.38. The Balaban J connectivity index is 2.43. The van der Waals surface area contributed by atoms with Gasteiger partial charge in [-0.25, -0.2) is 9.97 Å². The van der Waals surface area contributed by atoms with Gasteiger partial charge in [-0.15, -0.1) is 0 Å². The molecule has 0 aliphatic heterocycles. The molecule has 1 heterocycles. The molecule has 0 unspecified atom stereocenters. The van der Waals surface area contributed by atoms with E-state index >= 15 is 0 Å². The molecule has 0 saturated carbocycles. The lowest BCUT2D eigenvalue weighted by atomic mass is 10.2. The van der Waals surface area contributed by atoms with Gasteiger partial charge in [-0.1, -0.05) is 0 Å². The molecule has 0 atom stereocenters. The number of ether oxygens (including phenoxy) is 1. The number of amides is 1. The molecule has 0 bridgehead atoms. The zero-order valence-corrected chi connectivity index (χ0v) is 10.1. The molecule has 0 radical (unpaired) electrons. The van der Waals surface area contributed by atoms with Crippen LogP contribution >= 0.6 is 0 Å². The van der Waals surface area contributed by atoms with E-state index < -0.39 is 17.5 Å². The molecule has 92 valence electrons. The molecule has 1 aromatic rings. The first kappa shape index (κ1) is 13.1. The summed E-state index contributed by atoms with van der Waals surface area (Å²) in [6, 6.07) is 0. The van der Waals surface area contributed by atoms with Crippen molar-refractivity contribution in [3.63, 3.8) is 0 Å². The molecule has 1 N–H and O–H groups in total. The monoisotopic (exact) mass is 237 g/mol. The Morgan fingerprint density at radius 1 is 1.29 bits per heavy atom. The Morgan fingerprint density at radius 2 is 1.88 bits per heavy atom. The van der Waals surface area contributed by atoms with Crippen LogP contribution in [0.4, 0.5) is 5.69 Å². The van der Waals surface area contributed by atoms with Crippen molar-refractivity contribution in [1.29, 1.82) is 0 Å². The molecule has 6 nitrogen and oxygen atoms in total. The summed E-state index contributed by atoms with van der Waals surface area (Å²) in [4.78, 5) is 30.3. The summed E-state index contributed by atoms with van der Waals surface area (Å²) in [7, 11) is 0. The fraction of sp³-hybridized carbons (Fsp3) is 0.455. The van der Waals surface area contributed by atoms with Gasteiger partial charge in [-0.3, -0.25) is 9.59 Å². The lowest BCUT2D eigenvalue weighted by Gasteiger charge is -2.19. The molecule has 1 rings (SSSR count). The van der Waals surface area contributed by atoms with Crippen molar-refractivity contribution in [2.45, 2.75) is 32.8 Å². The second-order valence-electron chi connectivity index (χ2n) is 4.44. The largest absolute Gasteiger partial charge is 0.460 e. The Bertz CT molecular complexity index is 398. The Kier molecular flexibility index (Phi) is 4.14. The van der Waals surface area contributed by atoms with E-state index in [0.29, 0.717) is 5.69 Å². The van der Waals surface area contributed by atoms with Crippen molar-refractivity contribution in [3.8, 4) is 0 Å². The van der Waals surface area contributed by atoms with Gasteiger partial charge in [0.05, 0.1) is 18.1 Å². The summed E-state index contributed by atoms with van der Waals surface area (Å²) in [5, 5.41) is 2.49. The topological polar surface area (TPSA) is 81.2 Å². The number of rotatable bonds is 3. The number of carbonyl (C=O) groups excluding carboxylic acids is 2. The SMILES string of the molecule is CC(C)(C)OC(=O)CC(=O)Nc1cncnc1. The van der Waals surface area contributed by atoms with Crippen molar-refractivity contribution in [2.24, 2.45) is 0 Å². The van der Waals surface area contributed by atoms with Gasteiger partial charge in [0.15, 0.2) is 0 Å². The molecule has 0 aliphatic rings. The summed E-state index contributed by atoms with van der Waals surface area (Å²) in [5.41, 5.74) is -0.145. The summed E-state index contributed by atoms with van der Waals surface area (Å²) < 4.78 is 5.02. The summed E-state index contributed by atoms with van der Waals surface area (Å²) in [5.74, 6) is -1.01. The molecule has 6 heteroatoms. The molecule has 0 spiro atoms. The number of nitrogens with one attached hydrogen (secondary N) is 1. The molecule has 17 heavy (non-hydrogen) atoms. The van der Waals surface area contributed by atoms with Gasteiger partial charge in [-0.2, -0.15) is 0 Å². The molecule has 1 amide bonds.